The molecule has 0 saturated heterocycles. The summed E-state index contributed by atoms with van der Waals surface area (Å²) in [4.78, 5) is 12.6. The van der Waals surface area contributed by atoms with Gasteiger partial charge in [-0.15, -0.1) is 24.2 Å². The molecule has 1 aromatic carbocycles. The molecule has 1 rings (SSSR count). The van der Waals surface area contributed by atoms with Gasteiger partial charge < -0.3 is 11.1 Å². The Morgan fingerprint density at radius 3 is 2.62 bits per heavy atom. The minimum Gasteiger partial charge on any atom is -0.354 e. The minimum absolute atomic E-state index is 0. The second-order valence-corrected chi connectivity index (χ2v) is 4.57. The van der Waals surface area contributed by atoms with Gasteiger partial charge in [0.1, 0.15) is 0 Å². The Labute approximate surface area is 107 Å². The Bertz CT molecular complexity index is 308. The molecule has 1 atom stereocenters. The van der Waals surface area contributed by atoms with Crippen molar-refractivity contribution in [2.75, 3.05) is 13.1 Å². The van der Waals surface area contributed by atoms with E-state index >= 15 is 0 Å². The number of nitrogens with two attached hydrogens (primary N) is 1. The number of nitrogens with one attached hydrogen (secondary N) is 1. The largest absolute Gasteiger partial charge is 0.354 e. The zero-order valence-corrected chi connectivity index (χ0v) is 10.8. The molecule has 3 nitrogen and oxygen atoms in total. The van der Waals surface area contributed by atoms with E-state index in [0.717, 1.165) is 4.90 Å². The van der Waals surface area contributed by atoms with E-state index in [4.69, 9.17) is 5.73 Å². The van der Waals surface area contributed by atoms with Crippen LogP contribution in [0.1, 0.15) is 6.92 Å². The maximum Gasteiger partial charge on any atom is 0.233 e. The summed E-state index contributed by atoms with van der Waals surface area (Å²) in [6, 6.07) is 9.89. The molecule has 16 heavy (non-hydrogen) atoms. The van der Waals surface area contributed by atoms with E-state index in [0.29, 0.717) is 13.1 Å². The van der Waals surface area contributed by atoms with E-state index in [1.807, 2.05) is 37.3 Å². The maximum atomic E-state index is 11.5. The van der Waals surface area contributed by atoms with Gasteiger partial charge in [0, 0.05) is 18.0 Å². The SMILES string of the molecule is CC(Sc1ccccc1)C(=O)NCCN.Cl. The molecule has 1 aromatic rings. The van der Waals surface area contributed by atoms with Crippen LogP contribution in [0.25, 0.3) is 0 Å². The molecule has 0 spiro atoms. The third-order valence-electron chi connectivity index (χ3n) is 1.87. The van der Waals surface area contributed by atoms with Gasteiger partial charge in [-0.05, 0) is 19.1 Å². The first kappa shape index (κ1) is 15.3. The van der Waals surface area contributed by atoms with Crippen molar-refractivity contribution >= 4 is 30.1 Å². The van der Waals surface area contributed by atoms with Crippen LogP contribution in [-0.2, 0) is 4.79 Å². The third-order valence-corrected chi connectivity index (χ3v) is 2.98. The molecule has 1 amide bonds. The summed E-state index contributed by atoms with van der Waals surface area (Å²) in [5.41, 5.74) is 5.31. The summed E-state index contributed by atoms with van der Waals surface area (Å²) in [7, 11) is 0. The first-order valence-electron chi connectivity index (χ1n) is 4.93. The highest BCUT2D eigenvalue weighted by atomic mass is 35.5. The molecule has 0 saturated carbocycles. The maximum absolute atomic E-state index is 11.5. The molecule has 3 N–H and O–H groups in total. The van der Waals surface area contributed by atoms with Crippen molar-refractivity contribution < 1.29 is 4.79 Å². The molecular weight excluding hydrogens is 244 g/mol. The molecule has 5 heteroatoms. The number of halogens is 1. The van der Waals surface area contributed by atoms with Gasteiger partial charge in [-0.1, -0.05) is 18.2 Å². The number of rotatable bonds is 5. The van der Waals surface area contributed by atoms with Gasteiger partial charge in [0.05, 0.1) is 5.25 Å². The number of benzene rings is 1. The predicted molar refractivity (Wildman–Crippen MR) is 71.1 cm³/mol. The van der Waals surface area contributed by atoms with Crippen LogP contribution in [0.3, 0.4) is 0 Å². The van der Waals surface area contributed by atoms with Gasteiger partial charge in [-0.2, -0.15) is 0 Å². The van der Waals surface area contributed by atoms with Crippen molar-refractivity contribution in [3.05, 3.63) is 30.3 Å². The van der Waals surface area contributed by atoms with Gasteiger partial charge in [0.2, 0.25) is 5.91 Å². The van der Waals surface area contributed by atoms with E-state index in [-0.39, 0.29) is 23.6 Å². The average molecular weight is 261 g/mol. The Morgan fingerprint density at radius 2 is 2.06 bits per heavy atom. The predicted octanol–water partition coefficient (Wildman–Crippen LogP) is 1.66. The van der Waals surface area contributed by atoms with Crippen LogP contribution in [0.2, 0.25) is 0 Å². The average Bonchev–Trinajstić information content (AvgIpc) is 2.27. The molecule has 0 radical (unpaired) electrons. The number of thioether (sulfide) groups is 1. The van der Waals surface area contributed by atoms with E-state index in [9.17, 15) is 4.79 Å². The Hall–Kier alpha value is -0.710. The van der Waals surface area contributed by atoms with Gasteiger partial charge >= 0.3 is 0 Å². The Kier molecular flexibility index (Phi) is 8.07. The fourth-order valence-electron chi connectivity index (χ4n) is 1.10. The molecule has 0 bridgehead atoms. The van der Waals surface area contributed by atoms with Crippen molar-refractivity contribution in [2.24, 2.45) is 5.73 Å². The zero-order chi connectivity index (χ0) is 11.1. The highest BCUT2D eigenvalue weighted by molar-refractivity contribution is 8.00. The van der Waals surface area contributed by atoms with Gasteiger partial charge in [0.15, 0.2) is 0 Å². The normalized spacial score (nSPS) is 11.4. The third kappa shape index (κ3) is 5.39. The quantitative estimate of drug-likeness (QED) is 0.792. The lowest BCUT2D eigenvalue weighted by Gasteiger charge is -2.10. The monoisotopic (exact) mass is 260 g/mol. The molecular formula is C11H17ClN2OS. The highest BCUT2D eigenvalue weighted by Gasteiger charge is 2.12. The van der Waals surface area contributed by atoms with Gasteiger partial charge in [-0.3, -0.25) is 4.79 Å². The first-order valence-corrected chi connectivity index (χ1v) is 5.81. The molecule has 0 aliphatic carbocycles. The lowest BCUT2D eigenvalue weighted by Crippen LogP contribution is -2.34. The van der Waals surface area contributed by atoms with Crippen LogP contribution < -0.4 is 11.1 Å². The summed E-state index contributed by atoms with van der Waals surface area (Å²) in [6.45, 7) is 2.91. The van der Waals surface area contributed by atoms with E-state index in [1.54, 1.807) is 11.8 Å². The van der Waals surface area contributed by atoms with Crippen LogP contribution in [0.4, 0.5) is 0 Å². The molecule has 90 valence electrons. The molecule has 0 heterocycles. The second-order valence-electron chi connectivity index (χ2n) is 3.15. The number of amides is 1. The van der Waals surface area contributed by atoms with Crippen molar-refractivity contribution in [3.8, 4) is 0 Å². The molecule has 1 unspecified atom stereocenters. The Balaban J connectivity index is 0.00000225. The van der Waals surface area contributed by atoms with Crippen molar-refractivity contribution in [1.29, 1.82) is 0 Å². The molecule has 0 aromatic heterocycles. The lowest BCUT2D eigenvalue weighted by atomic mass is 10.4. The molecule has 0 aliphatic rings. The minimum atomic E-state index is -0.0843. The number of hydrogen-bond acceptors (Lipinski definition) is 3. The van der Waals surface area contributed by atoms with Gasteiger partial charge in [-0.25, -0.2) is 0 Å². The van der Waals surface area contributed by atoms with Gasteiger partial charge in [0.25, 0.3) is 0 Å². The first-order chi connectivity index (χ1) is 7.24. The van der Waals surface area contributed by atoms with Crippen molar-refractivity contribution in [3.63, 3.8) is 0 Å². The second kappa shape index (κ2) is 8.44. The van der Waals surface area contributed by atoms with Crippen LogP contribution in [-0.4, -0.2) is 24.2 Å². The summed E-state index contributed by atoms with van der Waals surface area (Å²) in [5.74, 6) is 0.0364. The van der Waals surface area contributed by atoms with Crippen molar-refractivity contribution in [2.45, 2.75) is 17.1 Å². The van der Waals surface area contributed by atoms with Crippen LogP contribution in [0.5, 0.6) is 0 Å². The summed E-state index contributed by atoms with van der Waals surface area (Å²) < 4.78 is 0. The summed E-state index contributed by atoms with van der Waals surface area (Å²) in [6.07, 6.45) is 0. The smallest absolute Gasteiger partial charge is 0.233 e. The van der Waals surface area contributed by atoms with E-state index in [2.05, 4.69) is 5.32 Å². The van der Waals surface area contributed by atoms with E-state index in [1.165, 1.54) is 0 Å². The fourth-order valence-corrected chi connectivity index (χ4v) is 2.01. The van der Waals surface area contributed by atoms with Crippen LogP contribution in [0, 0.1) is 0 Å². The highest BCUT2D eigenvalue weighted by Crippen LogP contribution is 2.22. The standard InChI is InChI=1S/C11H16N2OS.ClH/c1-9(11(14)13-8-7-12)15-10-5-3-2-4-6-10;/h2-6,9H,7-8,12H2,1H3,(H,13,14);1H. The van der Waals surface area contributed by atoms with Crippen molar-refractivity contribution in [1.82, 2.24) is 5.32 Å². The zero-order valence-electron chi connectivity index (χ0n) is 9.18. The molecule has 0 aliphatic heterocycles. The van der Waals surface area contributed by atoms with Crippen LogP contribution in [0.15, 0.2) is 35.2 Å². The molecule has 0 fully saturated rings. The topological polar surface area (TPSA) is 55.1 Å². The number of carbonyl (C=O) groups is 1. The van der Waals surface area contributed by atoms with E-state index < -0.39 is 0 Å². The fraction of sp³-hybridized carbons (Fsp3) is 0.364. The number of carbonyl (C=O) groups excluding carboxylic acids is 1. The Morgan fingerprint density at radius 1 is 1.44 bits per heavy atom. The lowest BCUT2D eigenvalue weighted by molar-refractivity contribution is -0.120. The number of hydrogen-bond donors (Lipinski definition) is 2. The van der Waals surface area contributed by atoms with Crippen LogP contribution >= 0.6 is 24.2 Å². The summed E-state index contributed by atoms with van der Waals surface area (Å²) >= 11 is 1.55. The summed E-state index contributed by atoms with van der Waals surface area (Å²) in [5, 5.41) is 2.68.